The normalized spacial score (nSPS) is 9.90. The lowest BCUT2D eigenvalue weighted by Gasteiger charge is -2.01. The van der Waals surface area contributed by atoms with Crippen molar-refractivity contribution < 1.29 is 45.0 Å². The summed E-state index contributed by atoms with van der Waals surface area (Å²) in [6.07, 6.45) is 3.14. The number of rotatable bonds is 2. The molecule has 0 unspecified atom stereocenters. The number of hydrogen-bond acceptors (Lipinski definition) is 7. The molecule has 0 fully saturated rings. The van der Waals surface area contributed by atoms with Crippen LogP contribution in [0.4, 0.5) is 11.4 Å². The van der Waals surface area contributed by atoms with Gasteiger partial charge in [0, 0.05) is 18.2 Å². The van der Waals surface area contributed by atoms with Crippen molar-refractivity contribution in [2.24, 2.45) is 0 Å². The van der Waals surface area contributed by atoms with E-state index in [1.54, 1.807) is 18.5 Å². The molecule has 0 saturated heterocycles. The van der Waals surface area contributed by atoms with Crippen molar-refractivity contribution in [2.45, 2.75) is 0 Å². The van der Waals surface area contributed by atoms with Crippen LogP contribution >= 0.6 is 7.82 Å². The maximum absolute atomic E-state index is 10.3. The Hall–Kier alpha value is -3.79. The van der Waals surface area contributed by atoms with Crippen LogP contribution in [-0.4, -0.2) is 45.5 Å². The summed E-state index contributed by atoms with van der Waals surface area (Å²) in [7, 11) is -4.89. The second-order valence-corrected chi connectivity index (χ2v) is 6.25. The van der Waals surface area contributed by atoms with Crippen molar-refractivity contribution in [3.8, 4) is 0 Å². The number of nitro benzene ring substituents is 2. The summed E-state index contributed by atoms with van der Waals surface area (Å²) in [4.78, 5) is 55.3. The van der Waals surface area contributed by atoms with Crippen molar-refractivity contribution in [3.05, 3.63) is 69.3 Å². The van der Waals surface area contributed by atoms with E-state index in [1.165, 1.54) is 30.6 Å². The quantitative estimate of drug-likeness (QED) is 0.164. The van der Waals surface area contributed by atoms with Gasteiger partial charge in [0.1, 0.15) is 0 Å². The number of nitrogens with zero attached hydrogens (tertiary/aromatic N) is 3. The minimum Gasteiger partial charge on any atom is -0.756 e. The zero-order valence-electron chi connectivity index (χ0n) is 15.3. The highest BCUT2D eigenvalue weighted by Crippen LogP contribution is 2.19. The van der Waals surface area contributed by atoms with Gasteiger partial charge < -0.3 is 30.6 Å². The number of non-ortho nitro benzene ring substituents is 2. The lowest BCUT2D eigenvalue weighted by atomic mass is 10.3. The summed E-state index contributed by atoms with van der Waals surface area (Å²) in [6, 6.07) is 9.14. The summed E-state index contributed by atoms with van der Waals surface area (Å²) < 4.78 is 8.77. The molecule has 2 heterocycles. The molecule has 0 amide bonds. The first-order valence-electron chi connectivity index (χ1n) is 7.52. The van der Waals surface area contributed by atoms with Crippen LogP contribution in [0.3, 0.4) is 0 Å². The highest BCUT2D eigenvalue weighted by Gasteiger charge is 2.09. The number of aromatic amines is 3. The average molecular weight is 460 g/mol. The van der Waals surface area contributed by atoms with E-state index in [0.29, 0.717) is 5.52 Å². The zero-order chi connectivity index (χ0) is 21.6. The topological polar surface area (TPSA) is 288 Å². The molecule has 0 spiro atoms. The lowest BCUT2D eigenvalue weighted by Crippen LogP contribution is -1.94. The van der Waals surface area contributed by atoms with Gasteiger partial charge in [-0.2, -0.15) is 0 Å². The molecule has 0 bridgehead atoms. The number of imidazole rings is 2. The third kappa shape index (κ3) is 8.62. The number of hydrogen-bond donors (Lipinski definition) is 4. The van der Waals surface area contributed by atoms with Gasteiger partial charge in [0.15, 0.2) is 11.0 Å². The number of aromatic nitrogens is 4. The van der Waals surface area contributed by atoms with E-state index < -0.39 is 17.7 Å². The number of H-pyrrole nitrogens is 3. The van der Waals surface area contributed by atoms with Gasteiger partial charge in [0.25, 0.3) is 19.2 Å². The van der Waals surface area contributed by atoms with E-state index in [4.69, 9.17) is 19.2 Å². The van der Waals surface area contributed by atoms with Crippen LogP contribution in [0.1, 0.15) is 0 Å². The molecule has 0 radical (unpaired) electrons. The predicted molar refractivity (Wildman–Crippen MR) is 104 cm³/mol. The van der Waals surface area contributed by atoms with E-state index >= 15 is 0 Å². The molecule has 9 N–H and O–H groups in total. The fraction of sp³-hybridized carbons (Fsp3) is 0. The Morgan fingerprint density at radius 1 is 0.935 bits per heavy atom. The molecule has 0 aliphatic carbocycles. The lowest BCUT2D eigenvalue weighted by molar-refractivity contribution is -0.385. The number of benzene rings is 2. The van der Waals surface area contributed by atoms with Crippen molar-refractivity contribution in [3.63, 3.8) is 0 Å². The number of phosphoric acid groups is 1. The SMILES string of the molecule is O.O.O=P([O-])(O)O.O=[N+]([O-])c1ccc2[nH+]c[nH]c2c1.O=[N+]([O-])c1ccc2nc[nH]c2c1. The molecular weight excluding hydrogens is 443 g/mol. The molecule has 16 nitrogen and oxygen atoms in total. The molecule has 0 saturated carbocycles. The molecule has 31 heavy (non-hydrogen) atoms. The molecular formula is C14H17N6O10P. The number of nitro groups is 2. The fourth-order valence-electron chi connectivity index (χ4n) is 2.12. The molecule has 168 valence electrons. The first kappa shape index (κ1) is 27.2. The van der Waals surface area contributed by atoms with Gasteiger partial charge in [-0.1, -0.05) is 0 Å². The number of nitrogens with one attached hydrogen (secondary N) is 3. The van der Waals surface area contributed by atoms with E-state index in [9.17, 15) is 20.2 Å². The standard InChI is InChI=1S/2C7H5N3O2.H3O4P.2H2O/c2*11-10(12)5-1-2-6-7(3-5)9-4-8-6;1-5(2,3)4;;/h2*1-4H,(H,8,9);(H3,1,2,3,4);2*1H2. The Kier molecular flexibility index (Phi) is 10.0. The minimum atomic E-state index is -4.89. The van der Waals surface area contributed by atoms with E-state index in [0.717, 1.165) is 16.6 Å². The van der Waals surface area contributed by atoms with Crippen LogP contribution in [0.15, 0.2) is 49.1 Å². The van der Waals surface area contributed by atoms with Crippen LogP contribution < -0.4 is 9.88 Å². The highest BCUT2D eigenvalue weighted by atomic mass is 31.2. The van der Waals surface area contributed by atoms with Crippen molar-refractivity contribution in [1.29, 1.82) is 0 Å². The van der Waals surface area contributed by atoms with E-state index in [1.807, 2.05) is 0 Å². The molecule has 0 aliphatic heterocycles. The van der Waals surface area contributed by atoms with Gasteiger partial charge in [-0.15, -0.1) is 0 Å². The summed E-state index contributed by atoms with van der Waals surface area (Å²) >= 11 is 0. The maximum atomic E-state index is 10.3. The molecule has 0 aliphatic rings. The maximum Gasteiger partial charge on any atom is 0.273 e. The molecule has 17 heteroatoms. The zero-order valence-corrected chi connectivity index (χ0v) is 16.1. The third-order valence-electron chi connectivity index (χ3n) is 3.28. The second-order valence-electron chi connectivity index (χ2n) is 5.27. The monoisotopic (exact) mass is 460 g/mol. The Morgan fingerprint density at radius 3 is 2.00 bits per heavy atom. The number of fused-ring (bicyclic) bond motifs is 2. The van der Waals surface area contributed by atoms with Crippen LogP contribution in [-0.2, 0) is 4.57 Å². The highest BCUT2D eigenvalue weighted by molar-refractivity contribution is 7.43. The molecule has 4 aromatic rings. The van der Waals surface area contributed by atoms with Gasteiger partial charge in [-0.3, -0.25) is 24.8 Å². The van der Waals surface area contributed by atoms with Crippen LogP contribution in [0, 0.1) is 20.2 Å². The van der Waals surface area contributed by atoms with Crippen LogP contribution in [0.2, 0.25) is 0 Å². The Morgan fingerprint density at radius 2 is 1.45 bits per heavy atom. The molecule has 2 aromatic heterocycles. The first-order chi connectivity index (χ1) is 13.5. The van der Waals surface area contributed by atoms with Crippen molar-refractivity contribution >= 4 is 41.3 Å². The third-order valence-corrected chi connectivity index (χ3v) is 3.28. The van der Waals surface area contributed by atoms with Crippen LogP contribution in [0.5, 0.6) is 0 Å². The summed E-state index contributed by atoms with van der Waals surface area (Å²) in [5.41, 5.74) is 3.19. The summed E-state index contributed by atoms with van der Waals surface area (Å²) in [6.45, 7) is 0. The largest absolute Gasteiger partial charge is 0.756 e. The molecule has 4 rings (SSSR count). The van der Waals surface area contributed by atoms with E-state index in [2.05, 4.69) is 19.9 Å². The molecule has 0 atom stereocenters. The van der Waals surface area contributed by atoms with Gasteiger partial charge in [0.2, 0.25) is 6.33 Å². The van der Waals surface area contributed by atoms with Gasteiger partial charge >= 0.3 is 0 Å². The van der Waals surface area contributed by atoms with Gasteiger partial charge in [-0.25, -0.2) is 15.0 Å². The van der Waals surface area contributed by atoms with Gasteiger partial charge in [0.05, 0.1) is 33.3 Å². The fourth-order valence-corrected chi connectivity index (χ4v) is 2.12. The average Bonchev–Trinajstić information content (AvgIpc) is 3.28. The van der Waals surface area contributed by atoms with Crippen molar-refractivity contribution in [1.82, 2.24) is 15.0 Å². The Labute approximate surface area is 171 Å². The summed E-state index contributed by atoms with van der Waals surface area (Å²) in [5.74, 6) is 0. The van der Waals surface area contributed by atoms with Gasteiger partial charge in [-0.05, 0) is 12.1 Å². The van der Waals surface area contributed by atoms with Crippen LogP contribution in [0.25, 0.3) is 22.1 Å². The van der Waals surface area contributed by atoms with Crippen molar-refractivity contribution in [2.75, 3.05) is 0 Å². The van der Waals surface area contributed by atoms with E-state index in [-0.39, 0.29) is 22.3 Å². The smallest absolute Gasteiger partial charge is 0.273 e. The predicted octanol–water partition coefficient (Wildman–Crippen LogP) is -0.849. The minimum absolute atomic E-state index is 0. The summed E-state index contributed by atoms with van der Waals surface area (Å²) in [5, 5.41) is 20.7. The second kappa shape index (κ2) is 11.4. The molecule has 2 aromatic carbocycles. The first-order valence-corrected chi connectivity index (χ1v) is 9.05. The Balaban J connectivity index is 0.000000457. The Bertz CT molecular complexity index is 1110.